The molecule has 0 saturated heterocycles. The molecule has 3 N–H and O–H groups in total. The van der Waals surface area contributed by atoms with Crippen LogP contribution in [-0.4, -0.2) is 20.5 Å². The average molecular weight is 319 g/mol. The Bertz CT molecular complexity index is 564. The van der Waals surface area contributed by atoms with Gasteiger partial charge in [0.25, 0.3) is 0 Å². The van der Waals surface area contributed by atoms with Crippen molar-refractivity contribution in [1.82, 2.24) is 4.72 Å². The lowest BCUT2D eigenvalue weighted by molar-refractivity contribution is 0.454. The summed E-state index contributed by atoms with van der Waals surface area (Å²) in [5.74, 6) is -4.26. The first-order chi connectivity index (χ1) is 8.09. The van der Waals surface area contributed by atoms with Gasteiger partial charge < -0.3 is 5.73 Å². The maximum absolute atomic E-state index is 13.3. The first kappa shape index (κ1) is 18.2. The number of halogens is 4. The van der Waals surface area contributed by atoms with Crippen LogP contribution in [0.3, 0.4) is 0 Å². The van der Waals surface area contributed by atoms with Crippen LogP contribution in [-0.2, 0) is 10.0 Å². The van der Waals surface area contributed by atoms with Gasteiger partial charge in [0.15, 0.2) is 11.6 Å². The minimum atomic E-state index is -4.31. The van der Waals surface area contributed by atoms with Crippen LogP contribution in [0.2, 0.25) is 0 Å². The van der Waals surface area contributed by atoms with Gasteiger partial charge in [0.05, 0.1) is 0 Å². The SMILES string of the molecule is CC(C)(CN)NS(=O)(=O)c1cc(F)c(F)cc1F.Cl. The summed E-state index contributed by atoms with van der Waals surface area (Å²) in [7, 11) is -4.31. The summed E-state index contributed by atoms with van der Waals surface area (Å²) in [5.41, 5.74) is 4.30. The minimum absolute atomic E-state index is 0. The fourth-order valence-corrected chi connectivity index (χ4v) is 2.67. The quantitative estimate of drug-likeness (QED) is 0.827. The maximum Gasteiger partial charge on any atom is 0.244 e. The van der Waals surface area contributed by atoms with Gasteiger partial charge in [-0.1, -0.05) is 0 Å². The average Bonchev–Trinajstić information content (AvgIpc) is 2.21. The van der Waals surface area contributed by atoms with Gasteiger partial charge >= 0.3 is 0 Å². The zero-order valence-corrected chi connectivity index (χ0v) is 11.8. The predicted octanol–water partition coefficient (Wildman–Crippen LogP) is 1.54. The molecule has 9 heteroatoms. The summed E-state index contributed by atoms with van der Waals surface area (Å²) >= 11 is 0. The third kappa shape index (κ3) is 4.34. The van der Waals surface area contributed by atoms with E-state index >= 15 is 0 Å². The molecule has 19 heavy (non-hydrogen) atoms. The standard InChI is InChI=1S/C10H13F3N2O2S.ClH/c1-10(2,5-14)15-18(16,17)9-4-7(12)6(11)3-8(9)13;/h3-4,15H,5,14H2,1-2H3;1H. The van der Waals surface area contributed by atoms with Crippen molar-refractivity contribution in [3.63, 3.8) is 0 Å². The van der Waals surface area contributed by atoms with E-state index in [1.165, 1.54) is 13.8 Å². The molecule has 1 aromatic carbocycles. The van der Waals surface area contributed by atoms with Crippen LogP contribution < -0.4 is 10.5 Å². The highest BCUT2D eigenvalue weighted by Crippen LogP contribution is 2.19. The summed E-state index contributed by atoms with van der Waals surface area (Å²) in [5, 5.41) is 0. The molecule has 0 bridgehead atoms. The second-order valence-corrected chi connectivity index (χ2v) is 6.04. The Balaban J connectivity index is 0.00000324. The lowest BCUT2D eigenvalue weighted by atomic mass is 10.1. The van der Waals surface area contributed by atoms with E-state index in [0.29, 0.717) is 6.07 Å². The monoisotopic (exact) mass is 318 g/mol. The van der Waals surface area contributed by atoms with Crippen LogP contribution in [0.4, 0.5) is 13.2 Å². The number of hydrogen-bond donors (Lipinski definition) is 2. The van der Waals surface area contributed by atoms with E-state index in [4.69, 9.17) is 5.73 Å². The Morgan fingerprint density at radius 2 is 1.63 bits per heavy atom. The molecule has 0 radical (unpaired) electrons. The van der Waals surface area contributed by atoms with E-state index in [-0.39, 0.29) is 25.0 Å². The number of hydrogen-bond acceptors (Lipinski definition) is 3. The summed E-state index contributed by atoms with van der Waals surface area (Å²) in [6.07, 6.45) is 0. The van der Waals surface area contributed by atoms with Crippen LogP contribution in [0.1, 0.15) is 13.8 Å². The van der Waals surface area contributed by atoms with Gasteiger partial charge in [0.2, 0.25) is 10.0 Å². The lowest BCUT2D eigenvalue weighted by Crippen LogP contribution is -2.48. The van der Waals surface area contributed by atoms with Crippen LogP contribution >= 0.6 is 12.4 Å². The molecular weight excluding hydrogens is 305 g/mol. The Kier molecular flexibility index (Phi) is 5.82. The molecule has 1 rings (SSSR count). The molecule has 0 aliphatic carbocycles. The highest BCUT2D eigenvalue weighted by molar-refractivity contribution is 7.89. The normalized spacial score (nSPS) is 12.1. The number of rotatable bonds is 4. The van der Waals surface area contributed by atoms with Crippen LogP contribution in [0.5, 0.6) is 0 Å². The molecule has 0 spiro atoms. The molecule has 0 saturated carbocycles. The highest BCUT2D eigenvalue weighted by Gasteiger charge is 2.28. The number of nitrogens with two attached hydrogens (primary N) is 1. The largest absolute Gasteiger partial charge is 0.329 e. The van der Waals surface area contributed by atoms with E-state index < -0.39 is 37.9 Å². The first-order valence-electron chi connectivity index (χ1n) is 4.98. The van der Waals surface area contributed by atoms with E-state index in [2.05, 4.69) is 4.72 Å². The van der Waals surface area contributed by atoms with Crippen LogP contribution in [0, 0.1) is 17.5 Å². The van der Waals surface area contributed by atoms with Gasteiger partial charge in [0.1, 0.15) is 10.7 Å². The highest BCUT2D eigenvalue weighted by atomic mass is 35.5. The molecule has 0 amide bonds. The smallest absolute Gasteiger partial charge is 0.244 e. The topological polar surface area (TPSA) is 72.2 Å². The van der Waals surface area contributed by atoms with E-state index in [9.17, 15) is 21.6 Å². The third-order valence-electron chi connectivity index (χ3n) is 2.19. The Hall–Kier alpha value is -0.830. The number of benzene rings is 1. The summed E-state index contributed by atoms with van der Waals surface area (Å²) in [6, 6.07) is 0.471. The maximum atomic E-state index is 13.3. The van der Waals surface area contributed by atoms with Gasteiger partial charge in [-0.3, -0.25) is 0 Å². The van der Waals surface area contributed by atoms with Crippen molar-refractivity contribution < 1.29 is 21.6 Å². The van der Waals surface area contributed by atoms with E-state index in [1.807, 2.05) is 0 Å². The molecule has 1 aromatic rings. The summed E-state index contributed by atoms with van der Waals surface area (Å²) < 4.78 is 64.7. The fraction of sp³-hybridized carbons (Fsp3) is 0.400. The van der Waals surface area contributed by atoms with E-state index in [0.717, 1.165) is 0 Å². The van der Waals surface area contributed by atoms with Crippen LogP contribution in [0.15, 0.2) is 17.0 Å². The number of sulfonamides is 1. The Morgan fingerprint density at radius 1 is 1.16 bits per heavy atom. The molecule has 0 aliphatic heterocycles. The minimum Gasteiger partial charge on any atom is -0.329 e. The molecule has 0 aromatic heterocycles. The molecule has 0 atom stereocenters. The molecular formula is C10H14ClF3N2O2S. The molecule has 0 unspecified atom stereocenters. The molecule has 4 nitrogen and oxygen atoms in total. The summed E-state index contributed by atoms with van der Waals surface area (Å²) in [4.78, 5) is -0.956. The van der Waals surface area contributed by atoms with Crippen molar-refractivity contribution in [1.29, 1.82) is 0 Å². The van der Waals surface area contributed by atoms with Gasteiger partial charge in [-0.25, -0.2) is 26.3 Å². The number of nitrogens with one attached hydrogen (secondary N) is 1. The van der Waals surface area contributed by atoms with Crippen molar-refractivity contribution in [2.45, 2.75) is 24.3 Å². The van der Waals surface area contributed by atoms with Gasteiger partial charge in [-0.05, 0) is 19.9 Å². The molecule has 0 aliphatic rings. The summed E-state index contributed by atoms with van der Waals surface area (Å²) in [6.45, 7) is 2.90. The molecule has 110 valence electrons. The first-order valence-corrected chi connectivity index (χ1v) is 6.46. The van der Waals surface area contributed by atoms with E-state index in [1.54, 1.807) is 0 Å². The predicted molar refractivity (Wildman–Crippen MR) is 67.0 cm³/mol. The van der Waals surface area contributed by atoms with Gasteiger partial charge in [0, 0.05) is 18.2 Å². The second-order valence-electron chi connectivity index (χ2n) is 4.39. The van der Waals surface area contributed by atoms with Gasteiger partial charge in [-0.2, -0.15) is 0 Å². The molecule has 0 fully saturated rings. The zero-order valence-electron chi connectivity index (χ0n) is 10.2. The third-order valence-corrected chi connectivity index (χ3v) is 3.90. The van der Waals surface area contributed by atoms with Crippen LogP contribution in [0.25, 0.3) is 0 Å². The second kappa shape index (κ2) is 6.08. The Morgan fingerprint density at radius 3 is 2.11 bits per heavy atom. The van der Waals surface area contributed by atoms with Crippen molar-refractivity contribution in [3.8, 4) is 0 Å². The van der Waals surface area contributed by atoms with Crippen molar-refractivity contribution >= 4 is 22.4 Å². The van der Waals surface area contributed by atoms with Crippen molar-refractivity contribution in [2.75, 3.05) is 6.54 Å². The zero-order chi connectivity index (χ0) is 14.1. The van der Waals surface area contributed by atoms with Crippen molar-refractivity contribution in [2.24, 2.45) is 5.73 Å². The van der Waals surface area contributed by atoms with Gasteiger partial charge in [-0.15, -0.1) is 12.4 Å². The van der Waals surface area contributed by atoms with Crippen molar-refractivity contribution in [3.05, 3.63) is 29.6 Å². The fourth-order valence-electron chi connectivity index (χ4n) is 1.17. The Labute approximate surface area is 115 Å². The molecule has 0 heterocycles. The lowest BCUT2D eigenvalue weighted by Gasteiger charge is -2.23.